The van der Waals surface area contributed by atoms with E-state index in [0.29, 0.717) is 11.4 Å². The van der Waals surface area contributed by atoms with Crippen LogP contribution in [0.1, 0.15) is 5.56 Å². The number of hydrogen-bond donors (Lipinski definition) is 0. The molecule has 0 radical (unpaired) electrons. The maximum atomic E-state index is 12.9. The lowest BCUT2D eigenvalue weighted by Gasteiger charge is -2.33. The average molecular weight is 220 g/mol. The minimum absolute atomic E-state index is 0.310. The fraction of sp³-hybridized carbons (Fsp3) is 0.455. The van der Waals surface area contributed by atoms with Gasteiger partial charge in [-0.15, -0.1) is 0 Å². The van der Waals surface area contributed by atoms with Gasteiger partial charge in [-0.05, 0) is 13.1 Å². The third-order valence-electron chi connectivity index (χ3n) is 2.76. The van der Waals surface area contributed by atoms with Gasteiger partial charge in [0.2, 0.25) is 0 Å². The molecule has 0 N–H and O–H groups in total. The molecule has 0 aromatic carbocycles. The fourth-order valence-electron chi connectivity index (χ4n) is 1.78. The Morgan fingerprint density at radius 3 is 2.69 bits per heavy atom. The van der Waals surface area contributed by atoms with Gasteiger partial charge in [0.15, 0.2) is 0 Å². The van der Waals surface area contributed by atoms with Crippen molar-refractivity contribution in [2.75, 3.05) is 38.1 Å². The molecule has 0 atom stereocenters. The normalized spacial score (nSPS) is 17.2. The van der Waals surface area contributed by atoms with Crippen LogP contribution in [0.15, 0.2) is 12.3 Å². The van der Waals surface area contributed by atoms with Crippen molar-refractivity contribution in [3.63, 3.8) is 0 Å². The second-order valence-electron chi connectivity index (χ2n) is 3.93. The smallest absolute Gasteiger partial charge is 0.146 e. The first kappa shape index (κ1) is 10.8. The Balaban J connectivity index is 2.24. The van der Waals surface area contributed by atoms with Crippen LogP contribution >= 0.6 is 0 Å². The number of pyridine rings is 1. The summed E-state index contributed by atoms with van der Waals surface area (Å²) >= 11 is 0. The maximum absolute atomic E-state index is 12.9. The number of rotatable bonds is 1. The number of likely N-dealkylation sites (N-methyl/N-ethyl adjacent to an activating group) is 1. The standard InChI is InChI=1S/C11H13FN4/c1-15-2-4-16(5-3-15)11-9(7-13)6-10(12)8-14-11/h6,8H,2-5H2,1H3. The summed E-state index contributed by atoms with van der Waals surface area (Å²) in [6.45, 7) is 3.52. The Morgan fingerprint density at radius 1 is 1.38 bits per heavy atom. The van der Waals surface area contributed by atoms with Gasteiger partial charge in [-0.25, -0.2) is 9.37 Å². The molecule has 0 aliphatic carbocycles. The molecule has 2 rings (SSSR count). The summed E-state index contributed by atoms with van der Waals surface area (Å²) in [6, 6.07) is 3.22. The molecule has 1 aliphatic rings. The van der Waals surface area contributed by atoms with Crippen LogP contribution in [0.5, 0.6) is 0 Å². The Labute approximate surface area is 93.9 Å². The summed E-state index contributed by atoms with van der Waals surface area (Å²) in [6.07, 6.45) is 1.16. The van der Waals surface area contributed by atoms with Gasteiger partial charge in [0, 0.05) is 26.2 Å². The molecule has 0 unspecified atom stereocenters. The van der Waals surface area contributed by atoms with Gasteiger partial charge in [-0.3, -0.25) is 0 Å². The van der Waals surface area contributed by atoms with E-state index in [0.717, 1.165) is 32.4 Å². The Bertz CT molecular complexity index is 418. The molecule has 1 aromatic rings. The molecule has 1 fully saturated rings. The SMILES string of the molecule is CN1CCN(c2ncc(F)cc2C#N)CC1. The van der Waals surface area contributed by atoms with Crippen molar-refractivity contribution in [2.24, 2.45) is 0 Å². The second-order valence-corrected chi connectivity index (χ2v) is 3.93. The lowest BCUT2D eigenvalue weighted by molar-refractivity contribution is 0.312. The van der Waals surface area contributed by atoms with Crippen molar-refractivity contribution in [2.45, 2.75) is 0 Å². The van der Waals surface area contributed by atoms with Crippen LogP contribution in [-0.2, 0) is 0 Å². The molecule has 4 nitrogen and oxygen atoms in total. The first-order chi connectivity index (χ1) is 7.70. The van der Waals surface area contributed by atoms with E-state index in [1.54, 1.807) is 0 Å². The summed E-state index contributed by atoms with van der Waals surface area (Å²) < 4.78 is 12.9. The molecule has 0 bridgehead atoms. The van der Waals surface area contributed by atoms with Crippen LogP contribution in [0.4, 0.5) is 10.2 Å². The minimum atomic E-state index is -0.463. The van der Waals surface area contributed by atoms with Crippen molar-refractivity contribution < 1.29 is 4.39 Å². The van der Waals surface area contributed by atoms with Crippen molar-refractivity contribution in [1.82, 2.24) is 9.88 Å². The molecule has 1 saturated heterocycles. The van der Waals surface area contributed by atoms with Crippen LogP contribution in [0, 0.1) is 17.1 Å². The van der Waals surface area contributed by atoms with E-state index in [2.05, 4.69) is 16.9 Å². The highest BCUT2D eigenvalue weighted by molar-refractivity contribution is 5.53. The molecule has 2 heterocycles. The molecule has 1 aromatic heterocycles. The zero-order chi connectivity index (χ0) is 11.5. The predicted octanol–water partition coefficient (Wildman–Crippen LogP) is 0.844. The Kier molecular flexibility index (Phi) is 3.02. The number of piperazine rings is 1. The topological polar surface area (TPSA) is 43.2 Å². The molecule has 0 spiro atoms. The van der Waals surface area contributed by atoms with Crippen LogP contribution in [0.25, 0.3) is 0 Å². The van der Waals surface area contributed by atoms with E-state index < -0.39 is 5.82 Å². The molecular formula is C11H13FN4. The van der Waals surface area contributed by atoms with E-state index in [4.69, 9.17) is 5.26 Å². The van der Waals surface area contributed by atoms with E-state index >= 15 is 0 Å². The maximum Gasteiger partial charge on any atom is 0.146 e. The molecule has 84 valence electrons. The van der Waals surface area contributed by atoms with Gasteiger partial charge < -0.3 is 9.80 Å². The highest BCUT2D eigenvalue weighted by atomic mass is 19.1. The number of halogens is 1. The first-order valence-corrected chi connectivity index (χ1v) is 5.20. The van der Waals surface area contributed by atoms with Crippen LogP contribution in [0.3, 0.4) is 0 Å². The van der Waals surface area contributed by atoms with Crippen molar-refractivity contribution in [3.8, 4) is 6.07 Å². The Morgan fingerprint density at radius 2 is 2.06 bits per heavy atom. The zero-order valence-electron chi connectivity index (χ0n) is 9.15. The molecule has 0 saturated carbocycles. The summed E-state index contributed by atoms with van der Waals surface area (Å²) in [5.74, 6) is 0.131. The number of anilines is 1. The highest BCUT2D eigenvalue weighted by Crippen LogP contribution is 2.18. The molecular weight excluding hydrogens is 207 g/mol. The fourth-order valence-corrected chi connectivity index (χ4v) is 1.78. The number of aromatic nitrogens is 1. The van der Waals surface area contributed by atoms with E-state index in [1.807, 2.05) is 11.0 Å². The average Bonchev–Trinajstić information content (AvgIpc) is 2.30. The van der Waals surface area contributed by atoms with Crippen LogP contribution in [-0.4, -0.2) is 43.1 Å². The summed E-state index contributed by atoms with van der Waals surface area (Å²) in [7, 11) is 2.06. The number of nitrogens with zero attached hydrogens (tertiary/aromatic N) is 4. The van der Waals surface area contributed by atoms with Gasteiger partial charge in [-0.1, -0.05) is 0 Å². The summed E-state index contributed by atoms with van der Waals surface area (Å²) in [5.41, 5.74) is 0.310. The number of nitriles is 1. The van der Waals surface area contributed by atoms with Crippen LogP contribution < -0.4 is 4.90 Å². The van der Waals surface area contributed by atoms with E-state index in [-0.39, 0.29) is 0 Å². The Hall–Kier alpha value is -1.67. The summed E-state index contributed by atoms with van der Waals surface area (Å²) in [5, 5.41) is 8.93. The lowest BCUT2D eigenvalue weighted by atomic mass is 10.2. The van der Waals surface area contributed by atoms with Crippen LogP contribution in [0.2, 0.25) is 0 Å². The van der Waals surface area contributed by atoms with E-state index in [1.165, 1.54) is 6.07 Å². The predicted molar refractivity (Wildman–Crippen MR) is 58.6 cm³/mol. The molecule has 5 heteroatoms. The van der Waals surface area contributed by atoms with Gasteiger partial charge in [0.05, 0.1) is 11.8 Å². The molecule has 0 amide bonds. The third-order valence-corrected chi connectivity index (χ3v) is 2.76. The summed E-state index contributed by atoms with van der Waals surface area (Å²) in [4.78, 5) is 8.25. The third kappa shape index (κ3) is 2.12. The molecule has 16 heavy (non-hydrogen) atoms. The van der Waals surface area contributed by atoms with Gasteiger partial charge in [0.25, 0.3) is 0 Å². The van der Waals surface area contributed by atoms with Crippen molar-refractivity contribution in [1.29, 1.82) is 5.26 Å². The van der Waals surface area contributed by atoms with Gasteiger partial charge in [-0.2, -0.15) is 5.26 Å². The van der Waals surface area contributed by atoms with Gasteiger partial charge >= 0.3 is 0 Å². The quantitative estimate of drug-likeness (QED) is 0.703. The number of hydrogen-bond acceptors (Lipinski definition) is 4. The monoisotopic (exact) mass is 220 g/mol. The second kappa shape index (κ2) is 4.45. The first-order valence-electron chi connectivity index (χ1n) is 5.20. The highest BCUT2D eigenvalue weighted by Gasteiger charge is 2.18. The van der Waals surface area contributed by atoms with Crippen molar-refractivity contribution >= 4 is 5.82 Å². The van der Waals surface area contributed by atoms with Gasteiger partial charge in [0.1, 0.15) is 17.7 Å². The lowest BCUT2D eigenvalue weighted by Crippen LogP contribution is -2.45. The molecule has 1 aliphatic heterocycles. The van der Waals surface area contributed by atoms with E-state index in [9.17, 15) is 4.39 Å². The zero-order valence-corrected chi connectivity index (χ0v) is 9.15. The van der Waals surface area contributed by atoms with Crippen molar-refractivity contribution in [3.05, 3.63) is 23.6 Å². The minimum Gasteiger partial charge on any atom is -0.353 e. The largest absolute Gasteiger partial charge is 0.353 e.